The van der Waals surface area contributed by atoms with Crippen LogP contribution in [-0.4, -0.2) is 50.6 Å². The summed E-state index contributed by atoms with van der Waals surface area (Å²) in [6.45, 7) is 1.02. The number of hydrogen-bond acceptors (Lipinski definition) is 6. The Balaban J connectivity index is 2.55. The molecule has 8 nitrogen and oxygen atoms in total. The first kappa shape index (κ1) is 19.6. The van der Waals surface area contributed by atoms with E-state index >= 15 is 0 Å². The molecule has 0 unspecified atom stereocenters. The molecule has 0 aromatic heterocycles. The Labute approximate surface area is 140 Å². The van der Waals surface area contributed by atoms with Gasteiger partial charge in [-0.05, 0) is 12.1 Å². The maximum absolute atomic E-state index is 12.1. The number of benzene rings is 1. The Morgan fingerprint density at radius 3 is 2.00 bits per heavy atom. The van der Waals surface area contributed by atoms with E-state index < -0.39 is 23.7 Å². The van der Waals surface area contributed by atoms with Crippen LogP contribution in [0.4, 0.5) is 0 Å². The van der Waals surface area contributed by atoms with Gasteiger partial charge in [-0.15, -0.1) is 0 Å². The van der Waals surface area contributed by atoms with Crippen LogP contribution in [-0.2, 0) is 14.3 Å². The highest BCUT2D eigenvalue weighted by Crippen LogP contribution is 2.07. The SMILES string of the molecule is NCCNC(=O)C(CCOC(=O)c1ccccc1)C(=O)NCCN. The third kappa shape index (κ3) is 6.76. The molecule has 6 N–H and O–H groups in total. The second kappa shape index (κ2) is 11.1. The monoisotopic (exact) mass is 336 g/mol. The van der Waals surface area contributed by atoms with Crippen molar-refractivity contribution in [1.29, 1.82) is 0 Å². The van der Waals surface area contributed by atoms with Gasteiger partial charge in [0.2, 0.25) is 11.8 Å². The van der Waals surface area contributed by atoms with Gasteiger partial charge in [-0.3, -0.25) is 9.59 Å². The molecule has 0 spiro atoms. The lowest BCUT2D eigenvalue weighted by Crippen LogP contribution is -2.44. The molecule has 0 aliphatic heterocycles. The zero-order valence-corrected chi connectivity index (χ0v) is 13.5. The Morgan fingerprint density at radius 2 is 1.50 bits per heavy atom. The van der Waals surface area contributed by atoms with Crippen LogP contribution in [0.15, 0.2) is 30.3 Å². The average Bonchev–Trinajstić information content (AvgIpc) is 2.61. The molecule has 132 valence electrons. The highest BCUT2D eigenvalue weighted by atomic mass is 16.5. The van der Waals surface area contributed by atoms with Gasteiger partial charge in [0, 0.05) is 32.6 Å². The lowest BCUT2D eigenvalue weighted by Gasteiger charge is -2.16. The van der Waals surface area contributed by atoms with E-state index in [1.807, 2.05) is 0 Å². The molecule has 0 atom stereocenters. The van der Waals surface area contributed by atoms with Gasteiger partial charge in [0.25, 0.3) is 0 Å². The van der Waals surface area contributed by atoms with Crippen LogP contribution in [0.25, 0.3) is 0 Å². The largest absolute Gasteiger partial charge is 0.462 e. The van der Waals surface area contributed by atoms with Crippen molar-refractivity contribution in [1.82, 2.24) is 10.6 Å². The number of carbonyl (C=O) groups is 3. The second-order valence-corrected chi connectivity index (χ2v) is 5.00. The van der Waals surface area contributed by atoms with Crippen molar-refractivity contribution in [2.45, 2.75) is 6.42 Å². The van der Waals surface area contributed by atoms with Gasteiger partial charge >= 0.3 is 5.97 Å². The first-order chi connectivity index (χ1) is 11.6. The van der Waals surface area contributed by atoms with E-state index in [-0.39, 0.29) is 39.2 Å². The first-order valence-corrected chi connectivity index (χ1v) is 7.78. The summed E-state index contributed by atoms with van der Waals surface area (Å²) in [6, 6.07) is 8.49. The van der Waals surface area contributed by atoms with Crippen LogP contribution < -0.4 is 22.1 Å². The highest BCUT2D eigenvalue weighted by Gasteiger charge is 2.26. The van der Waals surface area contributed by atoms with E-state index in [4.69, 9.17) is 16.2 Å². The summed E-state index contributed by atoms with van der Waals surface area (Å²) in [4.78, 5) is 36.0. The topological polar surface area (TPSA) is 137 Å². The van der Waals surface area contributed by atoms with E-state index in [0.29, 0.717) is 5.56 Å². The summed E-state index contributed by atoms with van der Waals surface area (Å²) in [5.41, 5.74) is 11.1. The Bertz CT molecular complexity index is 516. The van der Waals surface area contributed by atoms with E-state index in [1.165, 1.54) is 0 Å². The van der Waals surface area contributed by atoms with Gasteiger partial charge in [-0.2, -0.15) is 0 Å². The summed E-state index contributed by atoms with van der Waals surface area (Å²) >= 11 is 0. The molecule has 0 heterocycles. The fraction of sp³-hybridized carbons (Fsp3) is 0.438. The molecule has 0 saturated heterocycles. The van der Waals surface area contributed by atoms with Crippen LogP contribution in [0.5, 0.6) is 0 Å². The number of carbonyl (C=O) groups excluding carboxylic acids is 3. The summed E-state index contributed by atoms with van der Waals surface area (Å²) in [5.74, 6) is -2.37. The van der Waals surface area contributed by atoms with E-state index in [9.17, 15) is 14.4 Å². The average molecular weight is 336 g/mol. The van der Waals surface area contributed by atoms with Crippen LogP contribution in [0.3, 0.4) is 0 Å². The van der Waals surface area contributed by atoms with Crippen LogP contribution >= 0.6 is 0 Å². The Morgan fingerprint density at radius 1 is 0.958 bits per heavy atom. The number of hydrogen-bond donors (Lipinski definition) is 4. The standard InChI is InChI=1S/C16H24N4O4/c17-7-9-19-14(21)13(15(22)20-10-8-18)6-11-24-16(23)12-4-2-1-3-5-12/h1-5,13H,6-11,17-18H2,(H,19,21)(H,20,22). The Hall–Kier alpha value is -2.45. The molecular weight excluding hydrogens is 312 g/mol. The number of nitrogens with one attached hydrogen (secondary N) is 2. The summed E-state index contributed by atoms with van der Waals surface area (Å²) in [7, 11) is 0. The molecule has 24 heavy (non-hydrogen) atoms. The van der Waals surface area contributed by atoms with Crippen molar-refractivity contribution in [2.75, 3.05) is 32.8 Å². The molecule has 0 fully saturated rings. The van der Waals surface area contributed by atoms with Crippen molar-refractivity contribution < 1.29 is 19.1 Å². The van der Waals surface area contributed by atoms with Crippen molar-refractivity contribution in [3.05, 3.63) is 35.9 Å². The number of rotatable bonds is 10. The molecule has 0 aliphatic rings. The number of ether oxygens (including phenoxy) is 1. The van der Waals surface area contributed by atoms with Gasteiger partial charge in [0.05, 0.1) is 12.2 Å². The predicted molar refractivity (Wildman–Crippen MR) is 89.0 cm³/mol. The maximum Gasteiger partial charge on any atom is 0.338 e. The predicted octanol–water partition coefficient (Wildman–Crippen LogP) is -1.00. The normalized spacial score (nSPS) is 10.3. The lowest BCUT2D eigenvalue weighted by molar-refractivity contribution is -0.135. The van der Waals surface area contributed by atoms with Crippen LogP contribution in [0.2, 0.25) is 0 Å². The minimum Gasteiger partial charge on any atom is -0.462 e. The molecule has 0 saturated carbocycles. The number of esters is 1. The first-order valence-electron chi connectivity index (χ1n) is 7.78. The second-order valence-electron chi connectivity index (χ2n) is 5.00. The molecular formula is C16H24N4O4. The third-order valence-corrected chi connectivity index (χ3v) is 3.17. The minimum atomic E-state index is -0.966. The molecule has 8 heteroatoms. The Kier molecular flexibility index (Phi) is 9.10. The maximum atomic E-state index is 12.1. The fourth-order valence-electron chi connectivity index (χ4n) is 1.95. The van der Waals surface area contributed by atoms with E-state index in [2.05, 4.69) is 10.6 Å². The third-order valence-electron chi connectivity index (χ3n) is 3.17. The molecule has 1 aromatic carbocycles. The van der Waals surface area contributed by atoms with Gasteiger partial charge in [-0.1, -0.05) is 18.2 Å². The smallest absolute Gasteiger partial charge is 0.338 e. The van der Waals surface area contributed by atoms with Crippen LogP contribution in [0.1, 0.15) is 16.8 Å². The van der Waals surface area contributed by atoms with Crippen molar-refractivity contribution in [3.63, 3.8) is 0 Å². The molecule has 2 amide bonds. The molecule has 0 bridgehead atoms. The zero-order valence-electron chi connectivity index (χ0n) is 13.5. The fourth-order valence-corrected chi connectivity index (χ4v) is 1.95. The van der Waals surface area contributed by atoms with Gasteiger partial charge < -0.3 is 26.8 Å². The van der Waals surface area contributed by atoms with Crippen molar-refractivity contribution in [2.24, 2.45) is 17.4 Å². The summed E-state index contributed by atoms with van der Waals surface area (Å²) in [6.07, 6.45) is 0.0748. The van der Waals surface area contributed by atoms with E-state index in [0.717, 1.165) is 0 Å². The van der Waals surface area contributed by atoms with Gasteiger partial charge in [-0.25, -0.2) is 4.79 Å². The van der Waals surface area contributed by atoms with E-state index in [1.54, 1.807) is 30.3 Å². The molecule has 0 aliphatic carbocycles. The zero-order chi connectivity index (χ0) is 17.8. The van der Waals surface area contributed by atoms with Crippen LogP contribution in [0, 0.1) is 5.92 Å². The number of nitrogens with two attached hydrogens (primary N) is 2. The number of amides is 2. The summed E-state index contributed by atoms with van der Waals surface area (Å²) < 4.78 is 5.12. The highest BCUT2D eigenvalue weighted by molar-refractivity contribution is 6.00. The molecule has 1 aromatic rings. The van der Waals surface area contributed by atoms with Gasteiger partial charge in [0.15, 0.2) is 0 Å². The van der Waals surface area contributed by atoms with Crippen molar-refractivity contribution >= 4 is 17.8 Å². The van der Waals surface area contributed by atoms with Crippen molar-refractivity contribution in [3.8, 4) is 0 Å². The van der Waals surface area contributed by atoms with Gasteiger partial charge in [0.1, 0.15) is 5.92 Å². The lowest BCUT2D eigenvalue weighted by atomic mass is 10.0. The summed E-state index contributed by atoms with van der Waals surface area (Å²) in [5, 5.41) is 5.13. The molecule has 1 rings (SSSR count). The minimum absolute atomic E-state index is 0.0511. The molecule has 0 radical (unpaired) electrons. The quantitative estimate of drug-likeness (QED) is 0.319.